The third kappa shape index (κ3) is 4.12. The molecule has 0 fully saturated rings. The maximum Gasteiger partial charge on any atom is 0.254 e. The quantitative estimate of drug-likeness (QED) is 0.583. The number of halogens is 1. The summed E-state index contributed by atoms with van der Waals surface area (Å²) >= 11 is 6.17. The lowest BCUT2D eigenvalue weighted by atomic mass is 10.0. The molecule has 3 rings (SSSR count). The monoisotopic (exact) mass is 386 g/mol. The van der Waals surface area contributed by atoms with E-state index in [1.54, 1.807) is 0 Å². The Morgan fingerprint density at radius 1 is 1.15 bits per heavy atom. The van der Waals surface area contributed by atoms with E-state index in [1.807, 2.05) is 41.3 Å². The van der Waals surface area contributed by atoms with Crippen LogP contribution in [-0.4, -0.2) is 40.1 Å². The summed E-state index contributed by atoms with van der Waals surface area (Å²) in [6.07, 6.45) is 1.42. The summed E-state index contributed by atoms with van der Waals surface area (Å²) < 4.78 is 0. The molecule has 0 bridgehead atoms. The summed E-state index contributed by atoms with van der Waals surface area (Å²) in [5.41, 5.74) is 2.66. The third-order valence-corrected chi connectivity index (χ3v) is 5.24. The van der Waals surface area contributed by atoms with Crippen LogP contribution < -0.4 is 0 Å². The standard InChI is InChI=1S/C22H27ClN2O2/c1-4-17(9-10-26)25(13-14(2)3)22(27)15-5-7-20-18(11-15)19-12-16(23)6-8-21(19)24-20/h5-8,11-12,14,17,24,26H,4,9-10,13H2,1-3H3. The van der Waals surface area contributed by atoms with E-state index in [0.29, 0.717) is 29.5 Å². The van der Waals surface area contributed by atoms with E-state index < -0.39 is 0 Å². The number of rotatable bonds is 7. The molecule has 1 atom stereocenters. The predicted octanol–water partition coefficient (Wildman–Crippen LogP) is 5.23. The van der Waals surface area contributed by atoms with Crippen molar-refractivity contribution < 1.29 is 9.90 Å². The Labute approximate surface area is 165 Å². The second-order valence-corrected chi connectivity index (χ2v) is 7.94. The number of aliphatic hydroxyl groups is 1. The van der Waals surface area contributed by atoms with Crippen LogP contribution >= 0.6 is 11.6 Å². The summed E-state index contributed by atoms with van der Waals surface area (Å²) in [5, 5.41) is 12.1. The smallest absolute Gasteiger partial charge is 0.254 e. The second-order valence-electron chi connectivity index (χ2n) is 7.50. The molecule has 3 aromatic rings. The lowest BCUT2D eigenvalue weighted by molar-refractivity contribution is 0.0613. The van der Waals surface area contributed by atoms with Gasteiger partial charge in [0.15, 0.2) is 0 Å². The Hall–Kier alpha value is -2.04. The third-order valence-electron chi connectivity index (χ3n) is 5.00. The molecule has 0 aliphatic carbocycles. The highest BCUT2D eigenvalue weighted by Crippen LogP contribution is 2.29. The first-order chi connectivity index (χ1) is 12.9. The number of hydrogen-bond acceptors (Lipinski definition) is 2. The van der Waals surface area contributed by atoms with Crippen LogP contribution in [0.15, 0.2) is 36.4 Å². The van der Waals surface area contributed by atoms with Crippen molar-refractivity contribution in [2.75, 3.05) is 13.2 Å². The van der Waals surface area contributed by atoms with Gasteiger partial charge in [-0.2, -0.15) is 0 Å². The maximum absolute atomic E-state index is 13.3. The van der Waals surface area contributed by atoms with Crippen LogP contribution in [0.2, 0.25) is 5.02 Å². The van der Waals surface area contributed by atoms with Gasteiger partial charge in [0.05, 0.1) is 0 Å². The number of nitrogens with zero attached hydrogens (tertiary/aromatic N) is 1. The van der Waals surface area contributed by atoms with Gasteiger partial charge in [0.2, 0.25) is 0 Å². The van der Waals surface area contributed by atoms with Gasteiger partial charge in [0.1, 0.15) is 0 Å². The Bertz CT molecular complexity index is 948. The normalized spacial score (nSPS) is 12.8. The molecule has 0 saturated heterocycles. The van der Waals surface area contributed by atoms with Crippen molar-refractivity contribution in [3.63, 3.8) is 0 Å². The maximum atomic E-state index is 13.3. The van der Waals surface area contributed by atoms with Crippen molar-refractivity contribution in [1.29, 1.82) is 0 Å². The number of benzene rings is 2. The fourth-order valence-corrected chi connectivity index (χ4v) is 3.86. The number of H-pyrrole nitrogens is 1. The van der Waals surface area contributed by atoms with Crippen LogP contribution in [0.25, 0.3) is 21.8 Å². The number of fused-ring (bicyclic) bond motifs is 3. The Balaban J connectivity index is 2.03. The zero-order valence-electron chi connectivity index (χ0n) is 16.1. The van der Waals surface area contributed by atoms with Crippen molar-refractivity contribution in [2.45, 2.75) is 39.7 Å². The van der Waals surface area contributed by atoms with Crippen LogP contribution in [0.4, 0.5) is 0 Å². The van der Waals surface area contributed by atoms with Crippen molar-refractivity contribution in [1.82, 2.24) is 9.88 Å². The first-order valence-corrected chi connectivity index (χ1v) is 9.95. The average molecular weight is 387 g/mol. The molecule has 0 aliphatic rings. The molecule has 2 N–H and O–H groups in total. The highest BCUT2D eigenvalue weighted by molar-refractivity contribution is 6.31. The molecular weight excluding hydrogens is 360 g/mol. The zero-order chi connectivity index (χ0) is 19.6. The lowest BCUT2D eigenvalue weighted by Gasteiger charge is -2.32. The highest BCUT2D eigenvalue weighted by atomic mass is 35.5. The molecule has 0 radical (unpaired) electrons. The van der Waals surface area contributed by atoms with Crippen molar-refractivity contribution in [3.8, 4) is 0 Å². The SMILES string of the molecule is CCC(CCO)N(CC(C)C)C(=O)c1ccc2[nH]c3ccc(Cl)cc3c2c1. The van der Waals surface area contributed by atoms with Crippen LogP contribution in [0.5, 0.6) is 0 Å². The van der Waals surface area contributed by atoms with Crippen LogP contribution in [0.3, 0.4) is 0 Å². The zero-order valence-corrected chi connectivity index (χ0v) is 16.9. The minimum Gasteiger partial charge on any atom is -0.396 e. The van der Waals surface area contributed by atoms with Gasteiger partial charge >= 0.3 is 0 Å². The van der Waals surface area contributed by atoms with Crippen molar-refractivity contribution in [2.24, 2.45) is 5.92 Å². The lowest BCUT2D eigenvalue weighted by Crippen LogP contribution is -2.42. The molecule has 0 aliphatic heterocycles. The molecular formula is C22H27ClN2O2. The molecule has 27 heavy (non-hydrogen) atoms. The van der Waals surface area contributed by atoms with Gasteiger partial charge < -0.3 is 15.0 Å². The minimum absolute atomic E-state index is 0.0160. The minimum atomic E-state index is 0.0160. The topological polar surface area (TPSA) is 56.3 Å². The van der Waals surface area contributed by atoms with E-state index in [-0.39, 0.29) is 18.6 Å². The van der Waals surface area contributed by atoms with E-state index in [0.717, 1.165) is 28.2 Å². The van der Waals surface area contributed by atoms with Crippen molar-refractivity contribution in [3.05, 3.63) is 47.0 Å². The molecule has 5 heteroatoms. The largest absolute Gasteiger partial charge is 0.396 e. The first-order valence-electron chi connectivity index (χ1n) is 9.57. The van der Waals surface area contributed by atoms with Gasteiger partial charge in [-0.05, 0) is 55.2 Å². The summed E-state index contributed by atoms with van der Waals surface area (Å²) in [4.78, 5) is 18.6. The van der Waals surface area contributed by atoms with Gasteiger partial charge in [0.25, 0.3) is 5.91 Å². The van der Waals surface area contributed by atoms with Crippen molar-refractivity contribution >= 4 is 39.3 Å². The number of carbonyl (C=O) groups is 1. The van der Waals surface area contributed by atoms with Gasteiger partial charge in [-0.1, -0.05) is 32.4 Å². The predicted molar refractivity (Wildman–Crippen MR) is 112 cm³/mol. The average Bonchev–Trinajstić information content (AvgIpc) is 3.00. The number of aromatic nitrogens is 1. The molecule has 144 valence electrons. The van der Waals surface area contributed by atoms with E-state index >= 15 is 0 Å². The second kappa shape index (κ2) is 8.32. The molecule has 2 aromatic carbocycles. The Morgan fingerprint density at radius 2 is 1.81 bits per heavy atom. The molecule has 1 heterocycles. The summed E-state index contributed by atoms with van der Waals surface area (Å²) in [7, 11) is 0. The van der Waals surface area contributed by atoms with E-state index in [4.69, 9.17) is 11.6 Å². The molecule has 1 aromatic heterocycles. The molecule has 1 amide bonds. The van der Waals surface area contributed by atoms with Crippen LogP contribution in [0.1, 0.15) is 44.0 Å². The summed E-state index contributed by atoms with van der Waals surface area (Å²) in [6.45, 7) is 7.04. The molecule has 0 saturated carbocycles. The Morgan fingerprint density at radius 3 is 2.44 bits per heavy atom. The molecule has 0 spiro atoms. The van der Waals surface area contributed by atoms with Crippen LogP contribution in [0, 0.1) is 5.92 Å². The summed E-state index contributed by atoms with van der Waals surface area (Å²) in [5.74, 6) is 0.375. The number of nitrogens with one attached hydrogen (secondary N) is 1. The highest BCUT2D eigenvalue weighted by Gasteiger charge is 2.24. The van der Waals surface area contributed by atoms with E-state index in [1.165, 1.54) is 0 Å². The van der Waals surface area contributed by atoms with E-state index in [2.05, 4.69) is 25.8 Å². The first kappa shape index (κ1) is 19.7. The van der Waals surface area contributed by atoms with Gasteiger partial charge in [-0.3, -0.25) is 4.79 Å². The molecule has 1 unspecified atom stereocenters. The van der Waals surface area contributed by atoms with Crippen LogP contribution in [-0.2, 0) is 0 Å². The molecule has 4 nitrogen and oxygen atoms in total. The van der Waals surface area contributed by atoms with Gasteiger partial charge in [0, 0.05) is 51.6 Å². The number of aromatic amines is 1. The number of aliphatic hydroxyl groups excluding tert-OH is 1. The number of hydrogen-bond donors (Lipinski definition) is 2. The van der Waals surface area contributed by atoms with Gasteiger partial charge in [-0.25, -0.2) is 0 Å². The van der Waals surface area contributed by atoms with E-state index in [9.17, 15) is 9.90 Å². The summed E-state index contributed by atoms with van der Waals surface area (Å²) in [6, 6.07) is 11.6. The number of carbonyl (C=O) groups excluding carboxylic acids is 1. The fourth-order valence-electron chi connectivity index (χ4n) is 3.69. The number of amides is 1. The van der Waals surface area contributed by atoms with Gasteiger partial charge in [-0.15, -0.1) is 0 Å². The fraction of sp³-hybridized carbons (Fsp3) is 0.409. The Kier molecular flexibility index (Phi) is 6.08.